The Labute approximate surface area is 129 Å². The molecule has 1 unspecified atom stereocenters. The Morgan fingerprint density at radius 3 is 2.57 bits per heavy atom. The summed E-state index contributed by atoms with van der Waals surface area (Å²) in [5.41, 5.74) is -0.585. The lowest BCUT2D eigenvalue weighted by Crippen LogP contribution is -2.58. The van der Waals surface area contributed by atoms with Crippen molar-refractivity contribution in [3.63, 3.8) is 0 Å². The summed E-state index contributed by atoms with van der Waals surface area (Å²) in [7, 11) is 0. The van der Waals surface area contributed by atoms with Crippen LogP contribution >= 0.6 is 22.9 Å². The number of thiophene rings is 1. The molecule has 112 valence electrons. The van der Waals surface area contributed by atoms with Gasteiger partial charge in [0.1, 0.15) is 0 Å². The SMILES string of the molecule is FC(F)(F)C1(Cc2ccc(Cl)cc2)NCCc2ccsc21. The molecule has 1 aromatic carbocycles. The summed E-state index contributed by atoms with van der Waals surface area (Å²) < 4.78 is 41.5. The monoisotopic (exact) mass is 331 g/mol. The maximum Gasteiger partial charge on any atom is 0.411 e. The first-order valence-electron chi connectivity index (χ1n) is 6.55. The molecule has 0 saturated carbocycles. The zero-order valence-electron chi connectivity index (χ0n) is 11.0. The summed E-state index contributed by atoms with van der Waals surface area (Å²) in [4.78, 5) is 0.385. The Hall–Kier alpha value is -1.04. The molecule has 0 fully saturated rings. The molecule has 1 aliphatic heterocycles. The van der Waals surface area contributed by atoms with Crippen molar-refractivity contribution >= 4 is 22.9 Å². The molecule has 0 aliphatic carbocycles. The van der Waals surface area contributed by atoms with Gasteiger partial charge in [-0.25, -0.2) is 0 Å². The Balaban J connectivity index is 2.06. The van der Waals surface area contributed by atoms with Gasteiger partial charge in [0.05, 0.1) is 0 Å². The molecule has 1 N–H and O–H groups in total. The first-order chi connectivity index (χ1) is 9.92. The van der Waals surface area contributed by atoms with Crippen LogP contribution in [0, 0.1) is 0 Å². The second kappa shape index (κ2) is 5.30. The fraction of sp³-hybridized carbons (Fsp3) is 0.333. The van der Waals surface area contributed by atoms with Gasteiger partial charge in [-0.2, -0.15) is 13.2 Å². The first-order valence-corrected chi connectivity index (χ1v) is 7.81. The minimum absolute atomic E-state index is 0.124. The van der Waals surface area contributed by atoms with Gasteiger partial charge in [-0.05, 0) is 41.1 Å². The van der Waals surface area contributed by atoms with E-state index in [4.69, 9.17) is 11.6 Å². The summed E-state index contributed by atoms with van der Waals surface area (Å²) in [5, 5.41) is 4.99. The van der Waals surface area contributed by atoms with Crippen molar-refractivity contribution < 1.29 is 13.2 Å². The fourth-order valence-corrected chi connectivity index (χ4v) is 4.06. The lowest BCUT2D eigenvalue weighted by Gasteiger charge is -2.40. The largest absolute Gasteiger partial charge is 0.411 e. The Kier molecular flexibility index (Phi) is 3.76. The summed E-state index contributed by atoms with van der Waals surface area (Å²) in [6.07, 6.45) is -3.84. The van der Waals surface area contributed by atoms with Crippen LogP contribution in [0.15, 0.2) is 35.7 Å². The number of hydrogen-bond acceptors (Lipinski definition) is 2. The fourth-order valence-electron chi connectivity index (χ4n) is 2.78. The molecule has 0 radical (unpaired) electrons. The van der Waals surface area contributed by atoms with Crippen LogP contribution in [-0.4, -0.2) is 12.7 Å². The van der Waals surface area contributed by atoms with Gasteiger partial charge in [0.25, 0.3) is 0 Å². The molecule has 1 nitrogen and oxygen atoms in total. The highest BCUT2D eigenvalue weighted by molar-refractivity contribution is 7.10. The Morgan fingerprint density at radius 1 is 1.19 bits per heavy atom. The molecular weight excluding hydrogens is 319 g/mol. The van der Waals surface area contributed by atoms with Crippen molar-refractivity contribution in [1.29, 1.82) is 0 Å². The molecule has 1 aliphatic rings. The average Bonchev–Trinajstić information content (AvgIpc) is 2.89. The van der Waals surface area contributed by atoms with E-state index in [9.17, 15) is 13.2 Å². The van der Waals surface area contributed by atoms with Gasteiger partial charge >= 0.3 is 6.18 Å². The van der Waals surface area contributed by atoms with E-state index in [-0.39, 0.29) is 6.42 Å². The van der Waals surface area contributed by atoms with Crippen LogP contribution < -0.4 is 5.32 Å². The Bertz CT molecular complexity index is 635. The molecule has 0 amide bonds. The quantitative estimate of drug-likeness (QED) is 0.851. The number of rotatable bonds is 2. The number of nitrogens with one attached hydrogen (secondary N) is 1. The van der Waals surface area contributed by atoms with Crippen LogP contribution in [-0.2, 0) is 18.4 Å². The molecule has 3 rings (SSSR count). The van der Waals surface area contributed by atoms with Crippen LogP contribution in [0.4, 0.5) is 13.2 Å². The lowest BCUT2D eigenvalue weighted by atomic mass is 9.83. The molecule has 6 heteroatoms. The van der Waals surface area contributed by atoms with Gasteiger partial charge in [-0.1, -0.05) is 23.7 Å². The highest BCUT2D eigenvalue weighted by atomic mass is 35.5. The van der Waals surface area contributed by atoms with Crippen molar-refractivity contribution in [2.75, 3.05) is 6.54 Å². The molecule has 1 aromatic heterocycles. The number of benzene rings is 1. The average molecular weight is 332 g/mol. The van der Waals surface area contributed by atoms with E-state index >= 15 is 0 Å². The van der Waals surface area contributed by atoms with Crippen LogP contribution in [0.2, 0.25) is 5.02 Å². The maximum absolute atomic E-state index is 13.8. The van der Waals surface area contributed by atoms with Gasteiger partial charge in [0.15, 0.2) is 5.54 Å². The minimum atomic E-state index is -4.35. The van der Waals surface area contributed by atoms with Crippen molar-refractivity contribution in [3.05, 3.63) is 56.7 Å². The molecule has 2 aromatic rings. The summed E-state index contributed by atoms with van der Waals surface area (Å²) >= 11 is 6.98. The lowest BCUT2D eigenvalue weighted by molar-refractivity contribution is -0.201. The standard InChI is InChI=1S/C15H13ClF3NS/c16-12-3-1-10(2-4-12)9-14(15(17,18)19)13-11(5-7-20-14)6-8-21-13/h1-4,6,8,20H,5,7,9H2. The molecule has 0 spiro atoms. The van der Waals surface area contributed by atoms with Crippen molar-refractivity contribution in [2.24, 2.45) is 0 Å². The maximum atomic E-state index is 13.8. The molecule has 1 atom stereocenters. The smallest absolute Gasteiger partial charge is 0.299 e. The molecule has 21 heavy (non-hydrogen) atoms. The van der Waals surface area contributed by atoms with Crippen LogP contribution in [0.25, 0.3) is 0 Å². The number of alkyl halides is 3. The van der Waals surface area contributed by atoms with E-state index in [0.717, 1.165) is 5.56 Å². The van der Waals surface area contributed by atoms with Gasteiger partial charge in [0, 0.05) is 22.9 Å². The summed E-state index contributed by atoms with van der Waals surface area (Å²) in [5.74, 6) is 0. The topological polar surface area (TPSA) is 12.0 Å². The highest BCUT2D eigenvalue weighted by Gasteiger charge is 2.58. The third kappa shape index (κ3) is 2.58. The van der Waals surface area contributed by atoms with E-state index in [1.165, 1.54) is 11.3 Å². The zero-order chi connectivity index (χ0) is 15.1. The summed E-state index contributed by atoms with van der Waals surface area (Å²) in [6.45, 7) is 0.330. The van der Waals surface area contributed by atoms with Gasteiger partial charge in [-0.3, -0.25) is 5.32 Å². The van der Waals surface area contributed by atoms with Gasteiger partial charge in [0.2, 0.25) is 0 Å². The normalized spacial score (nSPS) is 22.1. The van der Waals surface area contributed by atoms with E-state index < -0.39 is 11.7 Å². The molecular formula is C15H13ClF3NS. The molecule has 0 bridgehead atoms. The third-order valence-electron chi connectivity index (χ3n) is 3.82. The van der Waals surface area contributed by atoms with Crippen LogP contribution in [0.5, 0.6) is 0 Å². The van der Waals surface area contributed by atoms with Gasteiger partial charge in [-0.15, -0.1) is 11.3 Å². The Morgan fingerprint density at radius 2 is 1.90 bits per heavy atom. The minimum Gasteiger partial charge on any atom is -0.299 e. The van der Waals surface area contributed by atoms with Gasteiger partial charge < -0.3 is 0 Å². The second-order valence-corrected chi connectivity index (χ2v) is 6.51. The van der Waals surface area contributed by atoms with Crippen molar-refractivity contribution in [1.82, 2.24) is 5.32 Å². The highest BCUT2D eigenvalue weighted by Crippen LogP contribution is 2.46. The second-order valence-electron chi connectivity index (χ2n) is 5.16. The van der Waals surface area contributed by atoms with E-state index in [1.807, 2.05) is 0 Å². The van der Waals surface area contributed by atoms with E-state index in [1.54, 1.807) is 35.7 Å². The van der Waals surface area contributed by atoms with Crippen molar-refractivity contribution in [3.8, 4) is 0 Å². The van der Waals surface area contributed by atoms with Crippen LogP contribution in [0.3, 0.4) is 0 Å². The third-order valence-corrected chi connectivity index (χ3v) is 5.19. The zero-order valence-corrected chi connectivity index (χ0v) is 12.6. The van der Waals surface area contributed by atoms with Crippen molar-refractivity contribution in [2.45, 2.75) is 24.6 Å². The number of halogens is 4. The predicted octanol–water partition coefficient (Wildman–Crippen LogP) is 4.55. The molecule has 0 saturated heterocycles. The van der Waals surface area contributed by atoms with E-state index in [2.05, 4.69) is 5.32 Å². The van der Waals surface area contributed by atoms with Crippen LogP contribution in [0.1, 0.15) is 16.0 Å². The number of fused-ring (bicyclic) bond motifs is 1. The summed E-state index contributed by atoms with van der Waals surface area (Å²) in [6, 6.07) is 8.35. The van der Waals surface area contributed by atoms with E-state index in [0.29, 0.717) is 28.4 Å². The molecule has 2 heterocycles. The first kappa shape index (κ1) is 14.9. The predicted molar refractivity (Wildman–Crippen MR) is 78.9 cm³/mol. The number of hydrogen-bond donors (Lipinski definition) is 1.